The molecule has 0 amide bonds. The predicted molar refractivity (Wildman–Crippen MR) is 46.8 cm³/mol. The fourth-order valence-corrected chi connectivity index (χ4v) is 1.98. The van der Waals surface area contributed by atoms with E-state index in [4.69, 9.17) is 0 Å². The van der Waals surface area contributed by atoms with E-state index >= 15 is 0 Å². The molecule has 0 spiro atoms. The van der Waals surface area contributed by atoms with Gasteiger partial charge in [-0.1, -0.05) is 6.42 Å². The van der Waals surface area contributed by atoms with Crippen LogP contribution in [0.25, 0.3) is 0 Å². The second-order valence-electron chi connectivity index (χ2n) is 3.61. The van der Waals surface area contributed by atoms with Gasteiger partial charge in [-0.05, 0) is 38.8 Å². The standard InChI is InChI=1S/C9H17F2NO/c1-12-6-7-3-2-4-8(5-7)13-9(10)11/h7-9,12H,2-6H2,1H3. The van der Waals surface area contributed by atoms with Crippen molar-refractivity contribution >= 4 is 0 Å². The monoisotopic (exact) mass is 193 g/mol. The molecule has 1 fully saturated rings. The average molecular weight is 193 g/mol. The molecule has 2 atom stereocenters. The lowest BCUT2D eigenvalue weighted by Crippen LogP contribution is -2.29. The maximum Gasteiger partial charge on any atom is 0.345 e. The molecule has 4 heteroatoms. The molecule has 78 valence electrons. The molecule has 1 saturated carbocycles. The summed E-state index contributed by atoms with van der Waals surface area (Å²) in [6.45, 7) is -1.71. The van der Waals surface area contributed by atoms with E-state index in [-0.39, 0.29) is 6.10 Å². The third-order valence-electron chi connectivity index (χ3n) is 2.52. The number of alkyl halides is 2. The van der Waals surface area contributed by atoms with Crippen molar-refractivity contribution in [3.8, 4) is 0 Å². The van der Waals surface area contributed by atoms with Gasteiger partial charge in [-0.15, -0.1) is 0 Å². The smallest absolute Gasteiger partial charge is 0.320 e. The number of hydrogen-bond acceptors (Lipinski definition) is 2. The van der Waals surface area contributed by atoms with Crippen LogP contribution in [0.2, 0.25) is 0 Å². The normalized spacial score (nSPS) is 29.5. The van der Waals surface area contributed by atoms with Gasteiger partial charge in [0.2, 0.25) is 0 Å². The van der Waals surface area contributed by atoms with Crippen molar-refractivity contribution in [2.75, 3.05) is 13.6 Å². The molecule has 0 aromatic rings. The molecule has 2 unspecified atom stereocenters. The molecule has 0 bridgehead atoms. The summed E-state index contributed by atoms with van der Waals surface area (Å²) in [4.78, 5) is 0. The highest BCUT2D eigenvalue weighted by Crippen LogP contribution is 2.26. The van der Waals surface area contributed by atoms with E-state index < -0.39 is 6.61 Å². The number of nitrogens with one attached hydrogen (secondary N) is 1. The van der Waals surface area contributed by atoms with Crippen molar-refractivity contribution in [3.63, 3.8) is 0 Å². The fourth-order valence-electron chi connectivity index (χ4n) is 1.98. The van der Waals surface area contributed by atoms with Crippen LogP contribution in [-0.2, 0) is 4.74 Å². The Bertz CT molecular complexity index is 142. The minimum absolute atomic E-state index is 0.230. The third kappa shape index (κ3) is 4.00. The second-order valence-corrected chi connectivity index (χ2v) is 3.61. The molecule has 1 aliphatic carbocycles. The molecular weight excluding hydrogens is 176 g/mol. The van der Waals surface area contributed by atoms with Crippen LogP contribution < -0.4 is 5.32 Å². The molecule has 0 aromatic heterocycles. The molecular formula is C9H17F2NO. The van der Waals surface area contributed by atoms with Crippen LogP contribution in [0.15, 0.2) is 0 Å². The van der Waals surface area contributed by atoms with E-state index in [0.29, 0.717) is 5.92 Å². The zero-order valence-corrected chi connectivity index (χ0v) is 7.93. The first-order valence-electron chi connectivity index (χ1n) is 4.80. The van der Waals surface area contributed by atoms with E-state index in [0.717, 1.165) is 32.2 Å². The van der Waals surface area contributed by atoms with Crippen LogP contribution in [-0.4, -0.2) is 26.3 Å². The van der Waals surface area contributed by atoms with Gasteiger partial charge in [-0.25, -0.2) is 0 Å². The lowest BCUT2D eigenvalue weighted by atomic mass is 9.87. The molecule has 2 nitrogen and oxygen atoms in total. The van der Waals surface area contributed by atoms with Crippen molar-refractivity contribution in [2.45, 2.75) is 38.4 Å². The van der Waals surface area contributed by atoms with E-state index in [1.807, 2.05) is 7.05 Å². The van der Waals surface area contributed by atoms with Gasteiger partial charge < -0.3 is 10.1 Å². The summed E-state index contributed by atoms with van der Waals surface area (Å²) in [5, 5.41) is 3.07. The zero-order chi connectivity index (χ0) is 9.68. The van der Waals surface area contributed by atoms with E-state index in [9.17, 15) is 8.78 Å². The number of halogens is 2. The van der Waals surface area contributed by atoms with Gasteiger partial charge in [0.25, 0.3) is 0 Å². The van der Waals surface area contributed by atoms with Crippen molar-refractivity contribution < 1.29 is 13.5 Å². The van der Waals surface area contributed by atoms with Gasteiger partial charge >= 0.3 is 6.61 Å². The summed E-state index contributed by atoms with van der Waals surface area (Å²) >= 11 is 0. The molecule has 13 heavy (non-hydrogen) atoms. The molecule has 0 aliphatic heterocycles. The predicted octanol–water partition coefficient (Wildman–Crippen LogP) is 2.00. The molecule has 0 aromatic carbocycles. The van der Waals surface area contributed by atoms with Gasteiger partial charge in [0.05, 0.1) is 6.10 Å². The molecule has 0 radical (unpaired) electrons. The Hall–Kier alpha value is -0.220. The Balaban J connectivity index is 2.24. The summed E-state index contributed by atoms with van der Waals surface area (Å²) in [6, 6.07) is 0. The second kappa shape index (κ2) is 5.50. The van der Waals surface area contributed by atoms with Crippen LogP contribution in [0.3, 0.4) is 0 Å². The fraction of sp³-hybridized carbons (Fsp3) is 1.00. The lowest BCUT2D eigenvalue weighted by Gasteiger charge is -2.28. The van der Waals surface area contributed by atoms with Crippen LogP contribution in [0, 0.1) is 5.92 Å². The summed E-state index contributed by atoms with van der Waals surface area (Å²) in [5.41, 5.74) is 0. The van der Waals surface area contributed by atoms with E-state index in [1.54, 1.807) is 0 Å². The first-order valence-corrected chi connectivity index (χ1v) is 4.80. The lowest BCUT2D eigenvalue weighted by molar-refractivity contribution is -0.172. The molecule has 1 N–H and O–H groups in total. The van der Waals surface area contributed by atoms with E-state index in [1.165, 1.54) is 0 Å². The Morgan fingerprint density at radius 1 is 1.46 bits per heavy atom. The Kier molecular flexibility index (Phi) is 4.59. The number of ether oxygens (including phenoxy) is 1. The van der Waals surface area contributed by atoms with Gasteiger partial charge in [0.1, 0.15) is 0 Å². The Morgan fingerprint density at radius 2 is 2.23 bits per heavy atom. The van der Waals surface area contributed by atoms with Gasteiger partial charge in [-0.2, -0.15) is 8.78 Å². The summed E-state index contributed by atoms with van der Waals surface area (Å²) in [5.74, 6) is 0.502. The highest BCUT2D eigenvalue weighted by Gasteiger charge is 2.24. The first-order chi connectivity index (χ1) is 6.22. The van der Waals surface area contributed by atoms with Crippen molar-refractivity contribution in [3.05, 3.63) is 0 Å². The largest absolute Gasteiger partial charge is 0.345 e. The third-order valence-corrected chi connectivity index (χ3v) is 2.52. The van der Waals surface area contributed by atoms with Crippen molar-refractivity contribution in [1.29, 1.82) is 0 Å². The molecule has 0 saturated heterocycles. The highest BCUT2D eigenvalue weighted by atomic mass is 19.3. The molecule has 0 heterocycles. The highest BCUT2D eigenvalue weighted by molar-refractivity contribution is 4.74. The van der Waals surface area contributed by atoms with Crippen molar-refractivity contribution in [2.24, 2.45) is 5.92 Å². The molecule has 1 rings (SSSR count). The average Bonchev–Trinajstić information content (AvgIpc) is 2.04. The zero-order valence-electron chi connectivity index (χ0n) is 7.93. The van der Waals surface area contributed by atoms with Crippen molar-refractivity contribution in [1.82, 2.24) is 5.32 Å². The maximum absolute atomic E-state index is 11.9. The van der Waals surface area contributed by atoms with Gasteiger partial charge in [-0.3, -0.25) is 0 Å². The van der Waals surface area contributed by atoms with E-state index in [2.05, 4.69) is 10.1 Å². The van der Waals surface area contributed by atoms with Crippen LogP contribution >= 0.6 is 0 Å². The van der Waals surface area contributed by atoms with Crippen LogP contribution in [0.4, 0.5) is 8.78 Å². The van der Waals surface area contributed by atoms with Crippen LogP contribution in [0.1, 0.15) is 25.7 Å². The Labute approximate surface area is 77.6 Å². The summed E-state index contributed by atoms with van der Waals surface area (Å²) in [6.07, 6.45) is 3.45. The maximum atomic E-state index is 11.9. The quantitative estimate of drug-likeness (QED) is 0.737. The number of hydrogen-bond donors (Lipinski definition) is 1. The molecule has 1 aliphatic rings. The van der Waals surface area contributed by atoms with Gasteiger partial charge in [0.15, 0.2) is 0 Å². The topological polar surface area (TPSA) is 21.3 Å². The number of rotatable bonds is 4. The summed E-state index contributed by atoms with van der Waals surface area (Å²) in [7, 11) is 1.89. The SMILES string of the molecule is CNCC1CCCC(OC(F)F)C1. The Morgan fingerprint density at radius 3 is 2.85 bits per heavy atom. The summed E-state index contributed by atoms with van der Waals surface area (Å²) < 4.78 is 28.3. The minimum atomic E-state index is -2.61. The minimum Gasteiger partial charge on any atom is -0.320 e. The first kappa shape index (κ1) is 10.9. The van der Waals surface area contributed by atoms with Crippen LogP contribution in [0.5, 0.6) is 0 Å². The van der Waals surface area contributed by atoms with Gasteiger partial charge in [0, 0.05) is 0 Å².